The monoisotopic (exact) mass is 393 g/mol. The second-order valence-electron chi connectivity index (χ2n) is 6.82. The molecule has 0 saturated carbocycles. The molecular formula is C20H24BN5O3. The van der Waals surface area contributed by atoms with Gasteiger partial charge in [0.25, 0.3) is 0 Å². The van der Waals surface area contributed by atoms with Gasteiger partial charge in [0.1, 0.15) is 5.69 Å². The molecule has 1 aromatic carbocycles. The molecule has 2 aromatic heterocycles. The minimum Gasteiger partial charge on any atom is -0.426 e. The van der Waals surface area contributed by atoms with Crippen molar-refractivity contribution in [3.63, 3.8) is 0 Å². The molecule has 0 saturated heterocycles. The van der Waals surface area contributed by atoms with Gasteiger partial charge in [0.15, 0.2) is 0 Å². The lowest BCUT2D eigenvalue weighted by Crippen LogP contribution is -2.48. The number of pyridine rings is 1. The third-order valence-corrected chi connectivity index (χ3v) is 4.63. The van der Waals surface area contributed by atoms with Gasteiger partial charge in [0.05, 0.1) is 18.7 Å². The summed E-state index contributed by atoms with van der Waals surface area (Å²) < 4.78 is 1.58. The second-order valence-corrected chi connectivity index (χ2v) is 6.82. The zero-order chi connectivity index (χ0) is 20.6. The van der Waals surface area contributed by atoms with Gasteiger partial charge < -0.3 is 15.4 Å². The van der Waals surface area contributed by atoms with Crippen LogP contribution in [0.25, 0.3) is 11.3 Å². The summed E-state index contributed by atoms with van der Waals surface area (Å²) in [5.74, 6) is -1.07. The van der Waals surface area contributed by atoms with Gasteiger partial charge >= 0.3 is 7.12 Å². The Balaban J connectivity index is 1.55. The van der Waals surface area contributed by atoms with Crippen molar-refractivity contribution < 1.29 is 14.8 Å². The molecule has 150 valence electrons. The number of aromatic nitrogens is 4. The van der Waals surface area contributed by atoms with Crippen molar-refractivity contribution in [3.05, 3.63) is 66.1 Å². The summed E-state index contributed by atoms with van der Waals surface area (Å²) in [7, 11) is -1.65. The first kappa shape index (κ1) is 20.7. The van der Waals surface area contributed by atoms with Crippen molar-refractivity contribution in [2.75, 3.05) is 0 Å². The Morgan fingerprint density at radius 1 is 1.24 bits per heavy atom. The van der Waals surface area contributed by atoms with Crippen LogP contribution in [0, 0.1) is 0 Å². The van der Waals surface area contributed by atoms with Crippen LogP contribution in [-0.4, -0.2) is 49.0 Å². The molecule has 0 bridgehead atoms. The van der Waals surface area contributed by atoms with Crippen LogP contribution in [0.15, 0.2) is 55.0 Å². The molecule has 2 heterocycles. The van der Waals surface area contributed by atoms with Gasteiger partial charge in [-0.05, 0) is 36.1 Å². The molecule has 0 aliphatic rings. The molecule has 0 spiro atoms. The van der Waals surface area contributed by atoms with E-state index in [2.05, 4.69) is 27.5 Å². The number of aryl methyl sites for hydroxylation is 2. The minimum atomic E-state index is -1.65. The van der Waals surface area contributed by atoms with E-state index < -0.39 is 13.1 Å². The van der Waals surface area contributed by atoms with Crippen molar-refractivity contribution in [2.45, 2.75) is 38.7 Å². The number of nitrogens with zero attached hydrogens (tertiary/aromatic N) is 4. The lowest BCUT2D eigenvalue weighted by Gasteiger charge is -2.18. The van der Waals surface area contributed by atoms with Crippen LogP contribution >= 0.6 is 0 Å². The van der Waals surface area contributed by atoms with E-state index in [4.69, 9.17) is 0 Å². The highest BCUT2D eigenvalue weighted by Crippen LogP contribution is 2.14. The second kappa shape index (κ2) is 9.95. The Hall–Kier alpha value is -3.04. The summed E-state index contributed by atoms with van der Waals surface area (Å²) in [6.45, 7) is 2.39. The number of hydrogen-bond acceptors (Lipinski definition) is 6. The molecule has 1 amide bonds. The molecule has 0 aliphatic heterocycles. The van der Waals surface area contributed by atoms with E-state index in [1.165, 1.54) is 0 Å². The number of rotatable bonds is 9. The van der Waals surface area contributed by atoms with Gasteiger partial charge in [-0.15, -0.1) is 5.10 Å². The Morgan fingerprint density at radius 3 is 2.79 bits per heavy atom. The highest BCUT2D eigenvalue weighted by molar-refractivity contribution is 6.43. The topological polar surface area (TPSA) is 113 Å². The number of amides is 1. The number of carbonyl (C=O) groups excluding carboxylic acids is 1. The molecule has 0 aliphatic carbocycles. The van der Waals surface area contributed by atoms with Crippen molar-refractivity contribution in [3.8, 4) is 11.3 Å². The lowest BCUT2D eigenvalue weighted by molar-refractivity contribution is -0.121. The summed E-state index contributed by atoms with van der Waals surface area (Å²) >= 11 is 0. The molecule has 0 fully saturated rings. The summed E-state index contributed by atoms with van der Waals surface area (Å²) in [6.07, 6.45) is 6.51. The highest BCUT2D eigenvalue weighted by Gasteiger charge is 2.25. The quantitative estimate of drug-likeness (QED) is 0.468. The zero-order valence-electron chi connectivity index (χ0n) is 16.3. The number of carbonyl (C=O) groups is 1. The minimum absolute atomic E-state index is 0.147. The Bertz CT molecular complexity index is 933. The first-order chi connectivity index (χ1) is 14.0. The van der Waals surface area contributed by atoms with Crippen LogP contribution in [0.3, 0.4) is 0 Å². The standard InChI is InChI=1S/C20H24BN5O3/c1-2-15-5-3-6-16(11-15)12-19(21(28)29)23-20(27)8-10-26-14-18(24-25-26)17-7-4-9-22-13-17/h3-7,9,11,13-14,19,28-29H,2,8,10,12H2,1H3,(H,23,27)/t19-/m0/s1. The maximum absolute atomic E-state index is 12.3. The zero-order valence-corrected chi connectivity index (χ0v) is 16.3. The maximum atomic E-state index is 12.3. The van der Waals surface area contributed by atoms with E-state index in [0.29, 0.717) is 18.7 Å². The lowest BCUT2D eigenvalue weighted by atomic mass is 9.75. The van der Waals surface area contributed by atoms with Crippen molar-refractivity contribution in [2.24, 2.45) is 0 Å². The van der Waals surface area contributed by atoms with Gasteiger partial charge in [-0.3, -0.25) is 14.5 Å². The third-order valence-electron chi connectivity index (χ3n) is 4.63. The Labute approximate surface area is 169 Å². The van der Waals surface area contributed by atoms with E-state index in [9.17, 15) is 14.8 Å². The molecule has 1 atom stereocenters. The molecular weight excluding hydrogens is 369 g/mol. The van der Waals surface area contributed by atoms with Gasteiger partial charge in [0.2, 0.25) is 5.91 Å². The van der Waals surface area contributed by atoms with Gasteiger partial charge in [0, 0.05) is 24.4 Å². The van der Waals surface area contributed by atoms with Crippen LogP contribution < -0.4 is 5.32 Å². The molecule has 9 heteroatoms. The fourth-order valence-electron chi connectivity index (χ4n) is 3.01. The maximum Gasteiger partial charge on any atom is 0.475 e. The van der Waals surface area contributed by atoms with E-state index in [1.807, 2.05) is 36.4 Å². The summed E-state index contributed by atoms with van der Waals surface area (Å²) in [5, 5.41) is 30.2. The summed E-state index contributed by atoms with van der Waals surface area (Å²) in [5.41, 5.74) is 3.63. The van der Waals surface area contributed by atoms with Gasteiger partial charge in [-0.1, -0.05) is 36.4 Å². The van der Waals surface area contributed by atoms with Crippen LogP contribution in [0.2, 0.25) is 0 Å². The largest absolute Gasteiger partial charge is 0.475 e. The van der Waals surface area contributed by atoms with Gasteiger partial charge in [-0.2, -0.15) is 0 Å². The first-order valence-electron chi connectivity index (χ1n) is 9.59. The Kier molecular flexibility index (Phi) is 7.10. The smallest absolute Gasteiger partial charge is 0.426 e. The van der Waals surface area contributed by atoms with E-state index in [1.54, 1.807) is 23.3 Å². The van der Waals surface area contributed by atoms with Crippen molar-refractivity contribution in [1.29, 1.82) is 0 Å². The Morgan fingerprint density at radius 2 is 2.07 bits per heavy atom. The molecule has 0 radical (unpaired) electrons. The van der Waals surface area contributed by atoms with Crippen LogP contribution in [0.5, 0.6) is 0 Å². The average Bonchev–Trinajstić information content (AvgIpc) is 3.21. The molecule has 8 nitrogen and oxygen atoms in total. The summed E-state index contributed by atoms with van der Waals surface area (Å²) in [4.78, 5) is 16.4. The van der Waals surface area contributed by atoms with Crippen molar-refractivity contribution >= 4 is 13.0 Å². The molecule has 3 aromatic rings. The van der Waals surface area contributed by atoms with E-state index in [0.717, 1.165) is 23.1 Å². The normalized spacial score (nSPS) is 11.8. The van der Waals surface area contributed by atoms with Crippen LogP contribution in [0.1, 0.15) is 24.5 Å². The van der Waals surface area contributed by atoms with Gasteiger partial charge in [-0.25, -0.2) is 0 Å². The number of benzene rings is 1. The average molecular weight is 393 g/mol. The molecule has 0 unspecified atom stereocenters. The van der Waals surface area contributed by atoms with Crippen LogP contribution in [0.4, 0.5) is 0 Å². The van der Waals surface area contributed by atoms with Crippen molar-refractivity contribution in [1.82, 2.24) is 25.3 Å². The fourth-order valence-corrected chi connectivity index (χ4v) is 3.01. The van der Waals surface area contributed by atoms with E-state index >= 15 is 0 Å². The third kappa shape index (κ3) is 5.97. The molecule has 29 heavy (non-hydrogen) atoms. The molecule has 3 rings (SSSR count). The van der Waals surface area contributed by atoms with E-state index in [-0.39, 0.29) is 12.3 Å². The summed E-state index contributed by atoms with van der Waals surface area (Å²) in [6, 6.07) is 11.6. The SMILES string of the molecule is CCc1cccc(C[C@H](NC(=O)CCn2cc(-c3cccnc3)nn2)B(O)O)c1. The highest BCUT2D eigenvalue weighted by atomic mass is 16.4. The fraction of sp³-hybridized carbons (Fsp3) is 0.300. The predicted octanol–water partition coefficient (Wildman–Crippen LogP) is 1.03. The molecule has 3 N–H and O–H groups in total. The number of hydrogen-bond donors (Lipinski definition) is 3. The van der Waals surface area contributed by atoms with Crippen LogP contribution in [-0.2, 0) is 24.2 Å². The predicted molar refractivity (Wildman–Crippen MR) is 110 cm³/mol. The number of nitrogens with one attached hydrogen (secondary N) is 1. The first-order valence-corrected chi connectivity index (χ1v) is 9.59.